The summed E-state index contributed by atoms with van der Waals surface area (Å²) in [5.41, 5.74) is 7.98. The number of aryl methyl sites for hydroxylation is 1. The Morgan fingerprint density at radius 3 is 2.25 bits per heavy atom. The Balaban J connectivity index is 1.83. The molecule has 2 aromatic rings. The van der Waals surface area contributed by atoms with Crippen LogP contribution in [0.15, 0.2) is 36.4 Å². The van der Waals surface area contributed by atoms with Crippen LogP contribution in [0, 0.1) is 0 Å². The van der Waals surface area contributed by atoms with Crippen molar-refractivity contribution < 1.29 is 5.11 Å². The molecule has 1 unspecified atom stereocenters. The van der Waals surface area contributed by atoms with Gasteiger partial charge in [-0.1, -0.05) is 46.9 Å². The number of hydrogen-bond donors (Lipinski definition) is 2. The number of nitrogen functional groups attached to an aromatic ring is 1. The van der Waals surface area contributed by atoms with Gasteiger partial charge in [-0.15, -0.1) is 0 Å². The van der Waals surface area contributed by atoms with E-state index in [-0.39, 0.29) is 0 Å². The number of hydrogen-bond acceptors (Lipinski definition) is 3. The zero-order valence-corrected chi connectivity index (χ0v) is 15.7. The maximum atomic E-state index is 10.4. The molecule has 1 atom stereocenters. The van der Waals surface area contributed by atoms with Gasteiger partial charge >= 0.3 is 0 Å². The number of aliphatic hydroxyl groups is 1. The molecule has 6 heteroatoms. The summed E-state index contributed by atoms with van der Waals surface area (Å²) in [5, 5.41) is 11.8. The molecule has 0 bridgehead atoms. The highest BCUT2D eigenvalue weighted by atomic mass is 35.5. The van der Waals surface area contributed by atoms with Gasteiger partial charge in [0.05, 0.1) is 21.8 Å². The fourth-order valence-electron chi connectivity index (χ4n) is 2.49. The monoisotopic (exact) mass is 386 g/mol. The summed E-state index contributed by atoms with van der Waals surface area (Å²) >= 11 is 17.9. The quantitative estimate of drug-likeness (QED) is 0.669. The van der Waals surface area contributed by atoms with Crippen molar-refractivity contribution in [2.75, 3.05) is 25.9 Å². The van der Waals surface area contributed by atoms with Crippen molar-refractivity contribution in [2.24, 2.45) is 0 Å². The van der Waals surface area contributed by atoms with Crippen LogP contribution in [0.25, 0.3) is 0 Å². The van der Waals surface area contributed by atoms with Gasteiger partial charge in [0.25, 0.3) is 0 Å². The Bertz CT molecular complexity index is 653. The zero-order valence-electron chi connectivity index (χ0n) is 13.5. The van der Waals surface area contributed by atoms with E-state index in [9.17, 15) is 5.11 Å². The lowest BCUT2D eigenvalue weighted by molar-refractivity contribution is 0.126. The van der Waals surface area contributed by atoms with Crippen molar-refractivity contribution in [3.05, 3.63) is 62.6 Å². The standard InChI is InChI=1S/C18H21Cl3N2O/c1-23(8-2-3-12-4-6-14(19)7-5-12)11-17(24)13-9-15(20)18(22)16(21)10-13/h4-7,9-10,17,24H,2-3,8,11,22H2,1H3. The van der Waals surface area contributed by atoms with E-state index >= 15 is 0 Å². The molecular formula is C18H21Cl3N2O. The number of nitrogens with zero attached hydrogens (tertiary/aromatic N) is 1. The van der Waals surface area contributed by atoms with Crippen molar-refractivity contribution in [3.8, 4) is 0 Å². The van der Waals surface area contributed by atoms with Crippen LogP contribution in [0.1, 0.15) is 23.7 Å². The topological polar surface area (TPSA) is 49.5 Å². The molecule has 24 heavy (non-hydrogen) atoms. The smallest absolute Gasteiger partial charge is 0.0917 e. The molecule has 0 fully saturated rings. The molecule has 0 heterocycles. The third kappa shape index (κ3) is 5.54. The van der Waals surface area contributed by atoms with Crippen molar-refractivity contribution in [1.82, 2.24) is 4.90 Å². The first-order valence-electron chi connectivity index (χ1n) is 7.72. The number of aliphatic hydroxyl groups excluding tert-OH is 1. The van der Waals surface area contributed by atoms with Gasteiger partial charge in [-0.25, -0.2) is 0 Å². The SMILES string of the molecule is CN(CCCc1ccc(Cl)cc1)CC(O)c1cc(Cl)c(N)c(Cl)c1. The predicted molar refractivity (Wildman–Crippen MR) is 103 cm³/mol. The van der Waals surface area contributed by atoms with Gasteiger partial charge in [-0.3, -0.25) is 0 Å². The molecule has 0 saturated heterocycles. The molecule has 2 aromatic carbocycles. The number of anilines is 1. The lowest BCUT2D eigenvalue weighted by atomic mass is 10.1. The Morgan fingerprint density at radius 1 is 1.08 bits per heavy atom. The fraction of sp³-hybridized carbons (Fsp3) is 0.333. The first-order valence-corrected chi connectivity index (χ1v) is 8.85. The van der Waals surface area contributed by atoms with Crippen LogP contribution in [-0.2, 0) is 6.42 Å². The van der Waals surface area contributed by atoms with E-state index < -0.39 is 6.10 Å². The molecule has 3 nitrogen and oxygen atoms in total. The molecule has 2 rings (SSSR count). The second kappa shape index (κ2) is 8.93. The summed E-state index contributed by atoms with van der Waals surface area (Å²) in [4.78, 5) is 2.08. The highest BCUT2D eigenvalue weighted by Crippen LogP contribution is 2.31. The zero-order chi connectivity index (χ0) is 17.7. The van der Waals surface area contributed by atoms with Gasteiger partial charge in [0.15, 0.2) is 0 Å². The summed E-state index contributed by atoms with van der Waals surface area (Å²) in [5.74, 6) is 0. The number of benzene rings is 2. The number of likely N-dealkylation sites (N-methyl/N-ethyl adjacent to an activating group) is 1. The molecule has 0 aromatic heterocycles. The average molecular weight is 388 g/mol. The van der Waals surface area contributed by atoms with E-state index in [1.165, 1.54) is 5.56 Å². The summed E-state index contributed by atoms with van der Waals surface area (Å²) in [6.07, 6.45) is 1.30. The highest BCUT2D eigenvalue weighted by molar-refractivity contribution is 6.38. The van der Waals surface area contributed by atoms with Gasteiger partial charge in [0, 0.05) is 11.6 Å². The van der Waals surface area contributed by atoms with Crippen LogP contribution < -0.4 is 5.73 Å². The van der Waals surface area contributed by atoms with Gasteiger partial charge in [-0.05, 0) is 61.8 Å². The molecular weight excluding hydrogens is 367 g/mol. The van der Waals surface area contributed by atoms with Crippen molar-refractivity contribution >= 4 is 40.5 Å². The molecule has 0 radical (unpaired) electrons. The van der Waals surface area contributed by atoms with Crippen molar-refractivity contribution in [1.29, 1.82) is 0 Å². The molecule has 0 aliphatic heterocycles. The lowest BCUT2D eigenvalue weighted by Gasteiger charge is -2.21. The summed E-state index contributed by atoms with van der Waals surface area (Å²) < 4.78 is 0. The number of rotatable bonds is 7. The van der Waals surface area contributed by atoms with Gasteiger partial charge < -0.3 is 15.7 Å². The van der Waals surface area contributed by atoms with E-state index in [2.05, 4.69) is 4.90 Å². The van der Waals surface area contributed by atoms with E-state index in [1.54, 1.807) is 12.1 Å². The van der Waals surface area contributed by atoms with E-state index in [4.69, 9.17) is 40.5 Å². The summed E-state index contributed by atoms with van der Waals surface area (Å²) in [7, 11) is 1.98. The minimum atomic E-state index is -0.666. The lowest BCUT2D eigenvalue weighted by Crippen LogP contribution is -2.26. The molecule has 0 amide bonds. The largest absolute Gasteiger partial charge is 0.396 e. The van der Waals surface area contributed by atoms with Crippen molar-refractivity contribution in [3.63, 3.8) is 0 Å². The van der Waals surface area contributed by atoms with Crippen molar-refractivity contribution in [2.45, 2.75) is 18.9 Å². The van der Waals surface area contributed by atoms with Crippen LogP contribution in [-0.4, -0.2) is 30.1 Å². The molecule has 0 aliphatic rings. The third-order valence-electron chi connectivity index (χ3n) is 3.89. The first kappa shape index (κ1) is 19.4. The summed E-state index contributed by atoms with van der Waals surface area (Å²) in [6.45, 7) is 1.37. The third-order valence-corrected chi connectivity index (χ3v) is 4.77. The fourth-order valence-corrected chi connectivity index (χ4v) is 3.12. The normalized spacial score (nSPS) is 12.6. The van der Waals surface area contributed by atoms with E-state index in [0.717, 1.165) is 24.4 Å². The molecule has 130 valence electrons. The second-order valence-electron chi connectivity index (χ2n) is 5.91. The Labute approximate surface area is 157 Å². The van der Waals surface area contributed by atoms with E-state index in [0.29, 0.717) is 27.8 Å². The predicted octanol–water partition coefficient (Wildman–Crippen LogP) is 4.83. The van der Waals surface area contributed by atoms with Crippen LogP contribution in [0.5, 0.6) is 0 Å². The molecule has 0 saturated carbocycles. The Hall–Kier alpha value is -0.970. The Morgan fingerprint density at radius 2 is 1.67 bits per heavy atom. The molecule has 0 spiro atoms. The second-order valence-corrected chi connectivity index (χ2v) is 7.16. The van der Waals surface area contributed by atoms with Gasteiger partial charge in [-0.2, -0.15) is 0 Å². The highest BCUT2D eigenvalue weighted by Gasteiger charge is 2.14. The minimum Gasteiger partial charge on any atom is -0.396 e. The van der Waals surface area contributed by atoms with Gasteiger partial charge in [0.2, 0.25) is 0 Å². The summed E-state index contributed by atoms with van der Waals surface area (Å²) in [6, 6.07) is 11.2. The van der Waals surface area contributed by atoms with Crippen LogP contribution in [0.4, 0.5) is 5.69 Å². The minimum absolute atomic E-state index is 0.339. The van der Waals surface area contributed by atoms with Crippen LogP contribution in [0.2, 0.25) is 15.1 Å². The molecule has 3 N–H and O–H groups in total. The Kier molecular flexibility index (Phi) is 7.20. The number of halogens is 3. The maximum Gasteiger partial charge on any atom is 0.0917 e. The van der Waals surface area contributed by atoms with Crippen LogP contribution in [0.3, 0.4) is 0 Å². The average Bonchev–Trinajstić information content (AvgIpc) is 2.54. The maximum absolute atomic E-state index is 10.4. The van der Waals surface area contributed by atoms with E-state index in [1.807, 2.05) is 31.3 Å². The van der Waals surface area contributed by atoms with Gasteiger partial charge in [0.1, 0.15) is 0 Å². The first-order chi connectivity index (χ1) is 11.4. The number of nitrogens with two attached hydrogens (primary N) is 1. The van der Waals surface area contributed by atoms with Crippen LogP contribution >= 0.6 is 34.8 Å². The molecule has 0 aliphatic carbocycles.